The molecule has 166 valence electrons. The maximum Gasteiger partial charge on any atom is 0.259 e. The molecule has 3 rings (SSSR count). The molecule has 0 radical (unpaired) electrons. The number of amides is 1. The van der Waals surface area contributed by atoms with Crippen LogP contribution in [-0.2, 0) is 15.4 Å². The van der Waals surface area contributed by atoms with Gasteiger partial charge in [-0.25, -0.2) is 12.8 Å². The first kappa shape index (κ1) is 22.7. The highest BCUT2D eigenvalue weighted by Gasteiger charge is 2.52. The van der Waals surface area contributed by atoms with Crippen LogP contribution in [0.2, 0.25) is 5.02 Å². The zero-order chi connectivity index (χ0) is 22.8. The van der Waals surface area contributed by atoms with Gasteiger partial charge in [-0.15, -0.1) is 0 Å². The van der Waals surface area contributed by atoms with Crippen molar-refractivity contribution in [3.63, 3.8) is 0 Å². The van der Waals surface area contributed by atoms with Gasteiger partial charge in [0.2, 0.25) is 0 Å². The number of aromatic nitrogens is 1. The molecule has 1 amide bonds. The molecule has 1 aliphatic heterocycles. The summed E-state index contributed by atoms with van der Waals surface area (Å²) in [4.78, 5) is 16.7. The Morgan fingerprint density at radius 3 is 2.68 bits per heavy atom. The van der Waals surface area contributed by atoms with E-state index in [4.69, 9.17) is 28.9 Å². The van der Waals surface area contributed by atoms with Crippen molar-refractivity contribution in [2.24, 2.45) is 11.6 Å². The van der Waals surface area contributed by atoms with Crippen LogP contribution in [0.1, 0.15) is 16.1 Å². The summed E-state index contributed by atoms with van der Waals surface area (Å²) >= 11 is 5.86. The maximum absolute atomic E-state index is 14.5. The number of nitrogen functional groups attached to an aromatic ring is 1. The zero-order valence-electron chi connectivity index (χ0n) is 16.2. The highest BCUT2D eigenvalue weighted by atomic mass is 35.5. The third-order valence-electron chi connectivity index (χ3n) is 4.93. The minimum Gasteiger partial charge on any atom is -0.398 e. The lowest BCUT2D eigenvalue weighted by Crippen LogP contribution is -2.66. The van der Waals surface area contributed by atoms with Gasteiger partial charge in [-0.1, -0.05) is 11.6 Å². The number of carbonyl (C=O) groups excluding carboxylic acids is 1. The molecule has 10 nitrogen and oxygen atoms in total. The highest BCUT2D eigenvalue weighted by molar-refractivity contribution is 7.93. The Morgan fingerprint density at radius 1 is 1.35 bits per heavy atom. The summed E-state index contributed by atoms with van der Waals surface area (Å²) in [5.41, 5.74) is 12.8. The van der Waals surface area contributed by atoms with Gasteiger partial charge in [0.1, 0.15) is 5.82 Å². The van der Waals surface area contributed by atoms with Crippen molar-refractivity contribution >= 4 is 33.2 Å². The van der Waals surface area contributed by atoms with Crippen molar-refractivity contribution in [3.05, 3.63) is 69.9 Å². The van der Waals surface area contributed by atoms with E-state index in [1.165, 1.54) is 36.5 Å². The van der Waals surface area contributed by atoms with E-state index in [0.29, 0.717) is 5.02 Å². The molecular weight excluding hydrogens is 449 g/mol. The van der Waals surface area contributed by atoms with Crippen molar-refractivity contribution in [1.82, 2.24) is 20.0 Å². The molecule has 1 saturated heterocycles. The summed E-state index contributed by atoms with van der Waals surface area (Å²) in [7, 11) is -4.03. The van der Waals surface area contributed by atoms with Crippen molar-refractivity contribution in [3.8, 4) is 0 Å². The third-order valence-corrected chi connectivity index (χ3v) is 6.81. The van der Waals surface area contributed by atoms with Crippen LogP contribution in [0.4, 0.5) is 10.1 Å². The van der Waals surface area contributed by atoms with Crippen LogP contribution in [0.25, 0.3) is 0 Å². The van der Waals surface area contributed by atoms with Gasteiger partial charge >= 0.3 is 0 Å². The zero-order valence-corrected chi connectivity index (χ0v) is 17.8. The predicted molar refractivity (Wildman–Crippen MR) is 114 cm³/mol. The number of hydrazine groups is 1. The van der Waals surface area contributed by atoms with Crippen LogP contribution in [-0.4, -0.2) is 43.2 Å². The number of nitrogens with two attached hydrogens (primary N) is 3. The number of benzene rings is 1. The number of halogens is 2. The Morgan fingerprint density at radius 2 is 2.06 bits per heavy atom. The van der Waals surface area contributed by atoms with Crippen molar-refractivity contribution in [2.45, 2.75) is 5.41 Å². The Bertz CT molecular complexity index is 1140. The fourth-order valence-electron chi connectivity index (χ4n) is 3.31. The lowest BCUT2D eigenvalue weighted by atomic mass is 9.77. The normalized spacial score (nSPS) is 16.4. The van der Waals surface area contributed by atoms with E-state index in [0.717, 1.165) is 10.5 Å². The molecule has 13 heteroatoms. The second-order valence-electron chi connectivity index (χ2n) is 7.01. The molecule has 2 heterocycles. The summed E-state index contributed by atoms with van der Waals surface area (Å²) in [6, 6.07) is 7.04. The molecule has 31 heavy (non-hydrogen) atoms. The number of pyridine rings is 1. The predicted octanol–water partition coefficient (Wildman–Crippen LogP) is -0.00960. The number of anilines is 1. The van der Waals surface area contributed by atoms with Gasteiger partial charge in [-0.05, 0) is 30.3 Å². The largest absolute Gasteiger partial charge is 0.398 e. The molecule has 0 atom stereocenters. The fraction of sp³-hybridized carbons (Fsp3) is 0.222. The van der Waals surface area contributed by atoms with Gasteiger partial charge in [-0.3, -0.25) is 15.6 Å². The quantitative estimate of drug-likeness (QED) is 0.214. The van der Waals surface area contributed by atoms with Crippen LogP contribution in [0.5, 0.6) is 0 Å². The van der Waals surface area contributed by atoms with Crippen LogP contribution in [0.15, 0.2) is 47.8 Å². The Balaban J connectivity index is 1.85. The van der Waals surface area contributed by atoms with Crippen LogP contribution < -0.4 is 28.1 Å². The third kappa shape index (κ3) is 4.42. The number of nitrogens with one attached hydrogen (secondary N) is 2. The molecule has 0 bridgehead atoms. The first-order chi connectivity index (χ1) is 14.6. The smallest absolute Gasteiger partial charge is 0.259 e. The fourth-order valence-corrected chi connectivity index (χ4v) is 4.84. The summed E-state index contributed by atoms with van der Waals surface area (Å²) in [6.45, 7) is -0.399. The summed E-state index contributed by atoms with van der Waals surface area (Å²) in [6.07, 6.45) is 2.32. The molecular formula is C18H21ClFN7O3S. The van der Waals surface area contributed by atoms with E-state index in [1.54, 1.807) is 0 Å². The van der Waals surface area contributed by atoms with Crippen LogP contribution >= 0.6 is 11.6 Å². The molecule has 1 aromatic carbocycles. The molecule has 0 spiro atoms. The molecule has 0 unspecified atom stereocenters. The summed E-state index contributed by atoms with van der Waals surface area (Å²) in [5.74, 6) is 3.96. The Kier molecular flexibility index (Phi) is 6.36. The number of hydrogen-bond donors (Lipinski definition) is 5. The van der Waals surface area contributed by atoms with E-state index in [9.17, 15) is 17.6 Å². The first-order valence-electron chi connectivity index (χ1n) is 8.97. The minimum atomic E-state index is -4.03. The number of nitrogens with zero attached hydrogens (tertiary/aromatic N) is 2. The van der Waals surface area contributed by atoms with E-state index in [-0.39, 0.29) is 36.6 Å². The molecule has 1 aromatic heterocycles. The van der Waals surface area contributed by atoms with Gasteiger partial charge in [0.25, 0.3) is 15.9 Å². The first-order valence-corrected chi connectivity index (χ1v) is 10.8. The van der Waals surface area contributed by atoms with Gasteiger partial charge in [-0.2, -0.15) is 4.31 Å². The Labute approximate surface area is 183 Å². The molecule has 0 saturated carbocycles. The van der Waals surface area contributed by atoms with Gasteiger partial charge in [0.05, 0.1) is 16.7 Å². The summed E-state index contributed by atoms with van der Waals surface area (Å²) in [5, 5.41) is 2.56. The number of rotatable bonds is 7. The number of carbonyl (C=O) groups is 1. The van der Waals surface area contributed by atoms with E-state index >= 15 is 0 Å². The highest BCUT2D eigenvalue weighted by Crippen LogP contribution is 2.37. The van der Waals surface area contributed by atoms with Gasteiger partial charge in [0, 0.05) is 42.7 Å². The SMILES string of the molecule is NN/C=C(\N)S(=O)(=O)N1CC(CNC(=O)c2ccc(Cl)cc2N)(c2ncccc2F)C1. The van der Waals surface area contributed by atoms with Crippen LogP contribution in [0, 0.1) is 5.82 Å². The maximum atomic E-state index is 14.5. The standard InChI is InChI=1S/C18H21ClFN7O3S/c19-11-3-4-12(14(21)6-11)17(28)25-8-18(16-13(20)2-1-5-24-16)9-27(10-18)31(29,30)15(22)7-26-23/h1-7,26H,8-10,21-23H2,(H,25,28)/b15-7+. The number of sulfonamides is 1. The van der Waals surface area contributed by atoms with Crippen molar-refractivity contribution in [2.75, 3.05) is 25.4 Å². The van der Waals surface area contributed by atoms with E-state index < -0.39 is 32.2 Å². The van der Waals surface area contributed by atoms with Crippen molar-refractivity contribution < 1.29 is 17.6 Å². The second kappa shape index (κ2) is 8.67. The minimum absolute atomic E-state index is 0.0327. The second-order valence-corrected chi connectivity index (χ2v) is 9.39. The molecule has 2 aromatic rings. The monoisotopic (exact) mass is 469 g/mol. The topological polar surface area (TPSA) is 169 Å². The average Bonchev–Trinajstić information content (AvgIpc) is 2.68. The molecule has 1 aliphatic rings. The number of hydrogen-bond acceptors (Lipinski definition) is 8. The lowest BCUT2D eigenvalue weighted by molar-refractivity contribution is 0.0896. The average molecular weight is 470 g/mol. The Hall–Kier alpha value is -2.93. The summed E-state index contributed by atoms with van der Waals surface area (Å²) < 4.78 is 40.7. The molecule has 0 aliphatic carbocycles. The lowest BCUT2D eigenvalue weighted by Gasteiger charge is -2.48. The van der Waals surface area contributed by atoms with Crippen molar-refractivity contribution in [1.29, 1.82) is 0 Å². The molecule has 8 N–H and O–H groups in total. The van der Waals surface area contributed by atoms with E-state index in [1.807, 2.05) is 0 Å². The van der Waals surface area contributed by atoms with Gasteiger partial charge < -0.3 is 22.2 Å². The van der Waals surface area contributed by atoms with Crippen LogP contribution in [0.3, 0.4) is 0 Å². The molecule has 1 fully saturated rings. The van der Waals surface area contributed by atoms with E-state index in [2.05, 4.69) is 15.7 Å². The van der Waals surface area contributed by atoms with Gasteiger partial charge in [0.15, 0.2) is 5.03 Å².